The third-order valence-electron chi connectivity index (χ3n) is 4.53. The zero-order valence-electron chi connectivity index (χ0n) is 12.8. The number of hydrogen-bond acceptors (Lipinski definition) is 3. The van der Waals surface area contributed by atoms with Crippen LogP contribution in [0.1, 0.15) is 24.8 Å². The van der Waals surface area contributed by atoms with E-state index in [0.29, 0.717) is 24.4 Å². The normalized spacial score (nSPS) is 25.4. The zero-order chi connectivity index (χ0) is 15.4. The lowest BCUT2D eigenvalue weighted by molar-refractivity contribution is -0.132. The number of likely N-dealkylation sites (tertiary alicyclic amines) is 1. The maximum absolute atomic E-state index is 12.6. The molecule has 0 spiro atoms. The SMILES string of the molecule is O=C(CC1CSCCN1)N1CCCC1Cc1ccccc1Cl. The Balaban J connectivity index is 1.60. The molecule has 5 heteroatoms. The summed E-state index contributed by atoms with van der Waals surface area (Å²) in [6.45, 7) is 1.92. The summed E-state index contributed by atoms with van der Waals surface area (Å²) in [5.41, 5.74) is 1.15. The number of amides is 1. The van der Waals surface area contributed by atoms with Crippen LogP contribution in [0.25, 0.3) is 0 Å². The van der Waals surface area contributed by atoms with Gasteiger partial charge in [-0.1, -0.05) is 29.8 Å². The summed E-state index contributed by atoms with van der Waals surface area (Å²) in [5, 5.41) is 4.27. The van der Waals surface area contributed by atoms with Gasteiger partial charge in [0, 0.05) is 48.1 Å². The van der Waals surface area contributed by atoms with E-state index in [-0.39, 0.29) is 0 Å². The van der Waals surface area contributed by atoms with Crippen LogP contribution in [-0.4, -0.2) is 47.5 Å². The Hall–Kier alpha value is -0.710. The quantitative estimate of drug-likeness (QED) is 0.916. The fourth-order valence-electron chi connectivity index (χ4n) is 3.37. The minimum atomic E-state index is 0.301. The maximum Gasteiger partial charge on any atom is 0.224 e. The molecule has 1 N–H and O–H groups in total. The molecule has 3 nitrogen and oxygen atoms in total. The van der Waals surface area contributed by atoms with E-state index in [4.69, 9.17) is 11.6 Å². The highest BCUT2D eigenvalue weighted by Gasteiger charge is 2.30. The lowest BCUT2D eigenvalue weighted by Crippen LogP contribution is -2.44. The minimum Gasteiger partial charge on any atom is -0.339 e. The van der Waals surface area contributed by atoms with E-state index in [1.807, 2.05) is 30.0 Å². The van der Waals surface area contributed by atoms with Crippen LogP contribution < -0.4 is 5.32 Å². The highest BCUT2D eigenvalue weighted by molar-refractivity contribution is 7.99. The molecular formula is C17H23ClN2OS. The molecule has 2 atom stereocenters. The Bertz CT molecular complexity index is 519. The van der Waals surface area contributed by atoms with Crippen molar-refractivity contribution in [3.63, 3.8) is 0 Å². The molecule has 1 amide bonds. The molecule has 2 unspecified atom stereocenters. The number of rotatable bonds is 4. The minimum absolute atomic E-state index is 0.301. The van der Waals surface area contributed by atoms with Crippen molar-refractivity contribution in [2.45, 2.75) is 37.8 Å². The predicted molar refractivity (Wildman–Crippen MR) is 93.6 cm³/mol. The summed E-state index contributed by atoms with van der Waals surface area (Å²) >= 11 is 8.21. The van der Waals surface area contributed by atoms with Crippen molar-refractivity contribution in [1.29, 1.82) is 0 Å². The molecular weight excluding hydrogens is 316 g/mol. The molecule has 0 aromatic heterocycles. The smallest absolute Gasteiger partial charge is 0.224 e. The number of carbonyl (C=O) groups excluding carboxylic acids is 1. The van der Waals surface area contributed by atoms with Gasteiger partial charge in [0.1, 0.15) is 0 Å². The van der Waals surface area contributed by atoms with E-state index in [2.05, 4.69) is 16.3 Å². The average molecular weight is 339 g/mol. The van der Waals surface area contributed by atoms with Gasteiger partial charge in [-0.2, -0.15) is 11.8 Å². The standard InChI is InChI=1S/C17H23ClN2OS/c18-16-6-2-1-4-13(16)10-15-5-3-8-20(15)17(21)11-14-12-22-9-7-19-14/h1-2,4,6,14-15,19H,3,5,7-12H2. The van der Waals surface area contributed by atoms with Crippen LogP contribution in [0.3, 0.4) is 0 Å². The lowest BCUT2D eigenvalue weighted by atomic mass is 10.0. The molecule has 120 valence electrons. The summed E-state index contributed by atoms with van der Waals surface area (Å²) in [7, 11) is 0. The molecule has 2 fully saturated rings. The van der Waals surface area contributed by atoms with Gasteiger partial charge in [-0.05, 0) is 30.9 Å². The van der Waals surface area contributed by atoms with Crippen LogP contribution in [0, 0.1) is 0 Å². The molecule has 2 aliphatic rings. The highest BCUT2D eigenvalue weighted by Crippen LogP contribution is 2.26. The number of thioether (sulfide) groups is 1. The third-order valence-corrected chi connectivity index (χ3v) is 6.03. The van der Waals surface area contributed by atoms with Gasteiger partial charge in [0.2, 0.25) is 5.91 Å². The third kappa shape index (κ3) is 3.98. The van der Waals surface area contributed by atoms with E-state index < -0.39 is 0 Å². The molecule has 0 bridgehead atoms. The van der Waals surface area contributed by atoms with Gasteiger partial charge in [-0.15, -0.1) is 0 Å². The molecule has 1 aromatic carbocycles. The van der Waals surface area contributed by atoms with Gasteiger partial charge in [0.15, 0.2) is 0 Å². The van der Waals surface area contributed by atoms with Gasteiger partial charge in [0.05, 0.1) is 0 Å². The summed E-state index contributed by atoms with van der Waals surface area (Å²) in [6, 6.07) is 8.63. The number of nitrogens with one attached hydrogen (secondary N) is 1. The largest absolute Gasteiger partial charge is 0.339 e. The number of hydrogen-bond donors (Lipinski definition) is 1. The van der Waals surface area contributed by atoms with Crippen LogP contribution in [0.4, 0.5) is 0 Å². The molecule has 0 saturated carbocycles. The monoisotopic (exact) mass is 338 g/mol. The van der Waals surface area contributed by atoms with Crippen LogP contribution in [0.15, 0.2) is 24.3 Å². The molecule has 1 aromatic rings. The van der Waals surface area contributed by atoms with Crippen LogP contribution in [0.2, 0.25) is 5.02 Å². The van der Waals surface area contributed by atoms with E-state index in [9.17, 15) is 4.79 Å². The molecule has 2 saturated heterocycles. The van der Waals surface area contributed by atoms with Crippen molar-refractivity contribution >= 4 is 29.3 Å². The predicted octanol–water partition coefficient (Wildman–Crippen LogP) is 2.97. The highest BCUT2D eigenvalue weighted by atomic mass is 35.5. The van der Waals surface area contributed by atoms with Crippen molar-refractivity contribution in [3.8, 4) is 0 Å². The number of nitrogens with zero attached hydrogens (tertiary/aromatic N) is 1. The van der Waals surface area contributed by atoms with Gasteiger partial charge in [-0.3, -0.25) is 4.79 Å². The van der Waals surface area contributed by atoms with Crippen LogP contribution in [0.5, 0.6) is 0 Å². The van der Waals surface area contributed by atoms with Crippen LogP contribution in [-0.2, 0) is 11.2 Å². The number of benzene rings is 1. The zero-order valence-corrected chi connectivity index (χ0v) is 14.3. The molecule has 3 rings (SSSR count). The topological polar surface area (TPSA) is 32.3 Å². The summed E-state index contributed by atoms with van der Waals surface area (Å²) in [4.78, 5) is 14.7. The Labute approximate surface area is 141 Å². The summed E-state index contributed by atoms with van der Waals surface area (Å²) < 4.78 is 0. The van der Waals surface area contributed by atoms with Crippen molar-refractivity contribution in [2.75, 3.05) is 24.6 Å². The fourth-order valence-corrected chi connectivity index (χ4v) is 4.53. The fraction of sp³-hybridized carbons (Fsp3) is 0.588. The van der Waals surface area contributed by atoms with Crippen LogP contribution >= 0.6 is 23.4 Å². The number of carbonyl (C=O) groups is 1. The van der Waals surface area contributed by atoms with Crippen molar-refractivity contribution in [3.05, 3.63) is 34.9 Å². The molecule has 0 radical (unpaired) electrons. The average Bonchev–Trinajstić information content (AvgIpc) is 2.99. The maximum atomic E-state index is 12.6. The van der Waals surface area contributed by atoms with Crippen molar-refractivity contribution < 1.29 is 4.79 Å². The summed E-state index contributed by atoms with van der Waals surface area (Å²) in [5.74, 6) is 2.51. The summed E-state index contributed by atoms with van der Waals surface area (Å²) in [6.07, 6.45) is 3.70. The van der Waals surface area contributed by atoms with Crippen molar-refractivity contribution in [1.82, 2.24) is 10.2 Å². The Morgan fingerprint density at radius 1 is 1.41 bits per heavy atom. The first-order valence-corrected chi connectivity index (χ1v) is 9.61. The second-order valence-corrected chi connectivity index (χ2v) is 7.67. The van der Waals surface area contributed by atoms with E-state index >= 15 is 0 Å². The Kier molecular flexibility index (Phi) is 5.66. The first-order valence-electron chi connectivity index (χ1n) is 8.08. The van der Waals surface area contributed by atoms with Gasteiger partial charge >= 0.3 is 0 Å². The Morgan fingerprint density at radius 3 is 3.05 bits per heavy atom. The molecule has 2 heterocycles. The first kappa shape index (κ1) is 16.2. The Morgan fingerprint density at radius 2 is 2.27 bits per heavy atom. The lowest BCUT2D eigenvalue weighted by Gasteiger charge is -2.29. The molecule has 0 aliphatic carbocycles. The van der Waals surface area contributed by atoms with Gasteiger partial charge < -0.3 is 10.2 Å². The molecule has 22 heavy (non-hydrogen) atoms. The van der Waals surface area contributed by atoms with E-state index in [0.717, 1.165) is 54.4 Å². The van der Waals surface area contributed by atoms with Crippen molar-refractivity contribution in [2.24, 2.45) is 0 Å². The first-order chi connectivity index (χ1) is 10.7. The van der Waals surface area contributed by atoms with E-state index in [1.165, 1.54) is 0 Å². The second-order valence-electron chi connectivity index (χ2n) is 6.11. The van der Waals surface area contributed by atoms with Gasteiger partial charge in [0.25, 0.3) is 0 Å². The van der Waals surface area contributed by atoms with Gasteiger partial charge in [-0.25, -0.2) is 0 Å². The second kappa shape index (κ2) is 7.71. The molecule has 2 aliphatic heterocycles. The van der Waals surface area contributed by atoms with E-state index in [1.54, 1.807) is 0 Å². The number of halogens is 1.